The second-order valence-corrected chi connectivity index (χ2v) is 8.79. The van der Waals surface area contributed by atoms with Crippen molar-refractivity contribution in [2.75, 3.05) is 19.7 Å². The van der Waals surface area contributed by atoms with Gasteiger partial charge in [-0.15, -0.1) is 6.42 Å². The van der Waals surface area contributed by atoms with Crippen LogP contribution in [0.3, 0.4) is 0 Å². The summed E-state index contributed by atoms with van der Waals surface area (Å²) in [5.74, 6) is 1.42. The van der Waals surface area contributed by atoms with Gasteiger partial charge in [-0.3, -0.25) is 0 Å². The molecule has 2 N–H and O–H groups in total. The molecule has 1 saturated heterocycles. The Balaban J connectivity index is 1.93. The first-order valence-electron chi connectivity index (χ1n) is 8.89. The number of hydrogen-bond acceptors (Lipinski definition) is 7. The van der Waals surface area contributed by atoms with Gasteiger partial charge in [-0.25, -0.2) is 12.8 Å². The molecule has 0 amide bonds. The maximum atomic E-state index is 13.9. The van der Waals surface area contributed by atoms with Crippen LogP contribution < -0.4 is 4.74 Å². The predicted octanol–water partition coefficient (Wildman–Crippen LogP) is 0.726. The van der Waals surface area contributed by atoms with Crippen molar-refractivity contribution in [1.29, 1.82) is 10.5 Å². The Morgan fingerprint density at radius 1 is 1.23 bits per heavy atom. The van der Waals surface area contributed by atoms with Gasteiger partial charge in [-0.1, -0.05) is 5.92 Å². The summed E-state index contributed by atoms with van der Waals surface area (Å²) in [6.07, 6.45) is 4.05. The van der Waals surface area contributed by atoms with E-state index in [0.29, 0.717) is 5.56 Å². The summed E-state index contributed by atoms with van der Waals surface area (Å²) < 4.78 is 46.6. The quantitative estimate of drug-likeness (QED) is 0.653. The van der Waals surface area contributed by atoms with Crippen molar-refractivity contribution in [3.05, 3.63) is 58.9 Å². The summed E-state index contributed by atoms with van der Waals surface area (Å²) >= 11 is 0. The lowest BCUT2D eigenvalue weighted by Gasteiger charge is -2.27. The normalized spacial score (nSPS) is 21.1. The van der Waals surface area contributed by atoms with E-state index in [9.17, 15) is 28.3 Å². The summed E-state index contributed by atoms with van der Waals surface area (Å²) in [7, 11) is -4.26. The van der Waals surface area contributed by atoms with Crippen LogP contribution in [0.2, 0.25) is 0 Å². The molecule has 2 atom stereocenters. The number of halogens is 1. The molecule has 3 rings (SSSR count). The molecule has 0 unspecified atom stereocenters. The number of sulfonamides is 1. The Morgan fingerprint density at radius 3 is 2.52 bits per heavy atom. The molecule has 10 heteroatoms. The molecule has 158 valence electrons. The van der Waals surface area contributed by atoms with Crippen LogP contribution in [0, 0.1) is 40.8 Å². The second-order valence-electron chi connectivity index (χ2n) is 6.89. The Labute approximate surface area is 178 Å². The van der Waals surface area contributed by atoms with Gasteiger partial charge >= 0.3 is 0 Å². The van der Waals surface area contributed by atoms with Gasteiger partial charge in [0.1, 0.15) is 40.3 Å². The molecule has 1 aliphatic heterocycles. The second kappa shape index (κ2) is 8.35. The fraction of sp³-hybridized carbons (Fsp3) is 0.238. The molecule has 8 nitrogen and oxygen atoms in total. The van der Waals surface area contributed by atoms with Gasteiger partial charge in [0.05, 0.1) is 24.3 Å². The minimum atomic E-state index is -4.26. The highest BCUT2D eigenvalue weighted by Crippen LogP contribution is 2.32. The predicted molar refractivity (Wildman–Crippen MR) is 105 cm³/mol. The Kier molecular flexibility index (Phi) is 5.99. The molecule has 0 aliphatic carbocycles. The fourth-order valence-electron chi connectivity index (χ4n) is 3.20. The molecule has 0 saturated carbocycles. The summed E-state index contributed by atoms with van der Waals surface area (Å²) in [5.41, 5.74) is -2.03. The van der Waals surface area contributed by atoms with E-state index in [1.54, 1.807) is 12.1 Å². The number of nitriles is 2. The minimum absolute atomic E-state index is 0.0521. The van der Waals surface area contributed by atoms with Crippen LogP contribution in [0.15, 0.2) is 41.3 Å². The summed E-state index contributed by atoms with van der Waals surface area (Å²) in [6, 6.07) is 10.7. The van der Waals surface area contributed by atoms with Crippen LogP contribution in [0.5, 0.6) is 5.75 Å². The van der Waals surface area contributed by atoms with E-state index in [1.165, 1.54) is 30.3 Å². The van der Waals surface area contributed by atoms with Crippen LogP contribution in [0.25, 0.3) is 0 Å². The fourth-order valence-corrected chi connectivity index (χ4v) is 4.83. The van der Waals surface area contributed by atoms with Crippen LogP contribution in [-0.2, 0) is 10.0 Å². The standard InChI is InChI=1S/C21H16FN3O5S/c1-2-14-3-6-19(16(7-14)10-24)31(28,29)25-11-20(21(27,12-25)13-26)30-17-5-4-15(9-23)18(22)8-17/h1,3-8,20,26-27H,11-13H2/t20-,21+/m0/s1. The maximum absolute atomic E-state index is 13.9. The molecule has 0 bridgehead atoms. The van der Waals surface area contributed by atoms with E-state index < -0.39 is 40.7 Å². The van der Waals surface area contributed by atoms with Gasteiger partial charge in [0.15, 0.2) is 0 Å². The van der Waals surface area contributed by atoms with Crippen LogP contribution >= 0.6 is 0 Å². The third-order valence-electron chi connectivity index (χ3n) is 4.92. The zero-order valence-electron chi connectivity index (χ0n) is 16.0. The molecule has 1 aliphatic rings. The molecule has 1 heterocycles. The van der Waals surface area contributed by atoms with Gasteiger partial charge in [0.2, 0.25) is 10.0 Å². The molecular weight excluding hydrogens is 425 g/mol. The summed E-state index contributed by atoms with van der Waals surface area (Å²) in [6.45, 7) is -1.72. The average molecular weight is 441 g/mol. The lowest BCUT2D eigenvalue weighted by molar-refractivity contribution is -0.0641. The maximum Gasteiger partial charge on any atom is 0.244 e. The molecule has 2 aromatic rings. The largest absolute Gasteiger partial charge is 0.486 e. The van der Waals surface area contributed by atoms with Crippen molar-refractivity contribution in [3.8, 4) is 30.2 Å². The number of rotatable bonds is 5. The van der Waals surface area contributed by atoms with Gasteiger partial charge in [0.25, 0.3) is 0 Å². The van der Waals surface area contributed by atoms with E-state index in [4.69, 9.17) is 16.4 Å². The van der Waals surface area contributed by atoms with Gasteiger partial charge in [0, 0.05) is 18.2 Å². The highest BCUT2D eigenvalue weighted by atomic mass is 32.2. The zero-order chi connectivity index (χ0) is 22.8. The monoisotopic (exact) mass is 441 g/mol. The van der Waals surface area contributed by atoms with E-state index in [2.05, 4.69) is 5.92 Å². The smallest absolute Gasteiger partial charge is 0.244 e. The zero-order valence-corrected chi connectivity index (χ0v) is 16.8. The molecule has 0 spiro atoms. The van der Waals surface area contributed by atoms with Crippen molar-refractivity contribution in [2.45, 2.75) is 16.6 Å². The first-order valence-corrected chi connectivity index (χ1v) is 10.3. The molecule has 1 fully saturated rings. The first kappa shape index (κ1) is 22.2. The van der Waals surface area contributed by atoms with E-state index in [0.717, 1.165) is 10.4 Å². The van der Waals surface area contributed by atoms with Crippen molar-refractivity contribution in [1.82, 2.24) is 4.31 Å². The lowest BCUT2D eigenvalue weighted by atomic mass is 10.0. The van der Waals surface area contributed by atoms with Crippen molar-refractivity contribution in [2.24, 2.45) is 0 Å². The molecular formula is C21H16FN3O5S. The number of β-amino-alcohol motifs (C(OH)–C–C–N with tert-alkyl or cyclic N) is 1. The molecule has 2 aromatic carbocycles. The van der Waals surface area contributed by atoms with Crippen LogP contribution in [-0.4, -0.2) is 54.3 Å². The topological polar surface area (TPSA) is 135 Å². The van der Waals surface area contributed by atoms with Gasteiger partial charge in [-0.05, 0) is 30.3 Å². The number of aliphatic hydroxyl groups is 2. The van der Waals surface area contributed by atoms with Crippen LogP contribution in [0.4, 0.5) is 4.39 Å². The highest BCUT2D eigenvalue weighted by molar-refractivity contribution is 7.89. The first-order chi connectivity index (χ1) is 14.7. The highest BCUT2D eigenvalue weighted by Gasteiger charge is 2.51. The number of benzene rings is 2. The Bertz CT molecular complexity index is 1260. The Morgan fingerprint density at radius 2 is 1.94 bits per heavy atom. The Hall–Kier alpha value is -3.46. The average Bonchev–Trinajstić information content (AvgIpc) is 3.11. The number of nitrogens with zero attached hydrogens (tertiary/aromatic N) is 3. The number of hydrogen-bond donors (Lipinski definition) is 2. The number of ether oxygens (including phenoxy) is 1. The number of terminal acetylenes is 1. The van der Waals surface area contributed by atoms with Gasteiger partial charge < -0.3 is 14.9 Å². The third-order valence-corrected chi connectivity index (χ3v) is 6.79. The molecule has 0 radical (unpaired) electrons. The van der Waals surface area contributed by atoms with E-state index in [-0.39, 0.29) is 28.3 Å². The number of aliphatic hydroxyl groups excluding tert-OH is 1. The van der Waals surface area contributed by atoms with Crippen LogP contribution in [0.1, 0.15) is 16.7 Å². The SMILES string of the molecule is C#Cc1ccc(S(=O)(=O)N2C[C@H](Oc3ccc(C#N)c(F)c3)[C@](O)(CO)C2)c(C#N)c1. The van der Waals surface area contributed by atoms with E-state index in [1.807, 2.05) is 0 Å². The van der Waals surface area contributed by atoms with Crippen molar-refractivity contribution in [3.63, 3.8) is 0 Å². The minimum Gasteiger partial charge on any atom is -0.486 e. The third kappa shape index (κ3) is 4.09. The lowest BCUT2D eigenvalue weighted by Crippen LogP contribution is -2.48. The van der Waals surface area contributed by atoms with Crippen molar-refractivity contribution < 1.29 is 27.8 Å². The van der Waals surface area contributed by atoms with Gasteiger partial charge in [-0.2, -0.15) is 14.8 Å². The summed E-state index contributed by atoms with van der Waals surface area (Å²) in [4.78, 5) is -0.306. The molecule has 31 heavy (non-hydrogen) atoms. The van der Waals surface area contributed by atoms with E-state index >= 15 is 0 Å². The van der Waals surface area contributed by atoms with Crippen molar-refractivity contribution >= 4 is 10.0 Å². The summed E-state index contributed by atoms with van der Waals surface area (Å²) in [5, 5.41) is 38.6. The molecule has 0 aromatic heterocycles.